The first-order valence-electron chi connectivity index (χ1n) is 9.10. The summed E-state index contributed by atoms with van der Waals surface area (Å²) in [6.45, 7) is 4.15. The minimum Gasteiger partial charge on any atom is -0.444 e. The predicted molar refractivity (Wildman–Crippen MR) is 102 cm³/mol. The average Bonchev–Trinajstić information content (AvgIpc) is 3.40. The number of guanidine groups is 1. The molecule has 3 aromatic rings. The summed E-state index contributed by atoms with van der Waals surface area (Å²) in [7, 11) is 1.74. The lowest BCUT2D eigenvalue weighted by Crippen LogP contribution is -2.37. The van der Waals surface area contributed by atoms with Gasteiger partial charge in [-0.3, -0.25) is 4.99 Å². The number of hydrogen-bond donors (Lipinski definition) is 2. The molecule has 1 aliphatic heterocycles. The maximum absolute atomic E-state index is 5.59. The second-order valence-electron chi connectivity index (χ2n) is 6.58. The molecule has 140 valence electrons. The van der Waals surface area contributed by atoms with Gasteiger partial charge in [0.2, 0.25) is 5.89 Å². The van der Waals surface area contributed by atoms with E-state index in [1.807, 2.05) is 24.3 Å². The molecule has 0 aliphatic carbocycles. The van der Waals surface area contributed by atoms with Crippen LogP contribution in [-0.4, -0.2) is 32.8 Å². The van der Waals surface area contributed by atoms with E-state index in [0.29, 0.717) is 24.9 Å². The Morgan fingerprint density at radius 2 is 2.00 bits per heavy atom. The Morgan fingerprint density at radius 1 is 1.19 bits per heavy atom. The second kappa shape index (κ2) is 7.61. The molecule has 3 heterocycles. The van der Waals surface area contributed by atoms with E-state index < -0.39 is 0 Å². The molecule has 0 saturated carbocycles. The van der Waals surface area contributed by atoms with Crippen LogP contribution in [0.4, 0.5) is 0 Å². The van der Waals surface area contributed by atoms with Crippen LogP contribution >= 0.6 is 0 Å². The monoisotopic (exact) mass is 365 g/mol. The number of rotatable bonds is 5. The van der Waals surface area contributed by atoms with Crippen LogP contribution in [-0.2, 0) is 26.1 Å². The van der Waals surface area contributed by atoms with E-state index in [9.17, 15) is 0 Å². The van der Waals surface area contributed by atoms with Gasteiger partial charge in [-0.2, -0.15) is 0 Å². The SMILES string of the molecule is CN=C(NCc1coc(-c2ccc(C)cc2)n1)NCc1nnc2n1CCC2. The van der Waals surface area contributed by atoms with Crippen LogP contribution in [0.25, 0.3) is 11.5 Å². The molecule has 0 fully saturated rings. The lowest BCUT2D eigenvalue weighted by Gasteiger charge is -2.10. The summed E-state index contributed by atoms with van der Waals surface area (Å²) >= 11 is 0. The number of oxazole rings is 1. The molecule has 0 amide bonds. The van der Waals surface area contributed by atoms with Crippen molar-refractivity contribution in [1.29, 1.82) is 0 Å². The molecule has 8 heteroatoms. The van der Waals surface area contributed by atoms with Gasteiger partial charge in [-0.15, -0.1) is 10.2 Å². The normalized spacial score (nSPS) is 13.6. The molecule has 0 atom stereocenters. The van der Waals surface area contributed by atoms with Gasteiger partial charge in [-0.05, 0) is 25.5 Å². The van der Waals surface area contributed by atoms with Crippen LogP contribution in [0.15, 0.2) is 39.9 Å². The Kier molecular flexibility index (Phi) is 4.86. The zero-order valence-corrected chi connectivity index (χ0v) is 15.6. The molecule has 0 radical (unpaired) electrons. The largest absolute Gasteiger partial charge is 0.444 e. The van der Waals surface area contributed by atoms with Gasteiger partial charge < -0.3 is 19.6 Å². The Morgan fingerprint density at radius 3 is 2.81 bits per heavy atom. The number of fused-ring (bicyclic) bond motifs is 1. The van der Waals surface area contributed by atoms with Gasteiger partial charge in [-0.25, -0.2) is 4.98 Å². The third-order valence-electron chi connectivity index (χ3n) is 4.61. The number of benzene rings is 1. The van der Waals surface area contributed by atoms with Crippen molar-refractivity contribution in [3.05, 3.63) is 53.4 Å². The molecule has 1 aliphatic rings. The quantitative estimate of drug-likeness (QED) is 0.531. The van der Waals surface area contributed by atoms with Crippen molar-refractivity contribution in [2.24, 2.45) is 4.99 Å². The van der Waals surface area contributed by atoms with Gasteiger partial charge >= 0.3 is 0 Å². The van der Waals surface area contributed by atoms with Crippen molar-refractivity contribution >= 4 is 5.96 Å². The Balaban J connectivity index is 1.32. The van der Waals surface area contributed by atoms with Crippen LogP contribution < -0.4 is 10.6 Å². The molecule has 0 saturated heterocycles. The van der Waals surface area contributed by atoms with Crippen molar-refractivity contribution in [1.82, 2.24) is 30.4 Å². The number of hydrogen-bond acceptors (Lipinski definition) is 5. The smallest absolute Gasteiger partial charge is 0.226 e. The Bertz CT molecular complexity index is 939. The number of aliphatic imine (C=N–C) groups is 1. The van der Waals surface area contributed by atoms with Gasteiger partial charge in [0.25, 0.3) is 0 Å². The summed E-state index contributed by atoms with van der Waals surface area (Å²) in [5.41, 5.74) is 2.99. The van der Waals surface area contributed by atoms with Crippen molar-refractivity contribution in [2.45, 2.75) is 39.4 Å². The predicted octanol–water partition coefficient (Wildman–Crippen LogP) is 2.05. The average molecular weight is 365 g/mol. The molecule has 0 unspecified atom stereocenters. The third-order valence-corrected chi connectivity index (χ3v) is 4.61. The van der Waals surface area contributed by atoms with Crippen LogP contribution in [0, 0.1) is 6.92 Å². The van der Waals surface area contributed by atoms with Gasteiger partial charge in [0.15, 0.2) is 11.8 Å². The highest BCUT2D eigenvalue weighted by atomic mass is 16.3. The van der Waals surface area contributed by atoms with Crippen molar-refractivity contribution in [2.75, 3.05) is 7.05 Å². The van der Waals surface area contributed by atoms with Crippen molar-refractivity contribution < 1.29 is 4.42 Å². The van der Waals surface area contributed by atoms with Gasteiger partial charge in [0.1, 0.15) is 12.1 Å². The van der Waals surface area contributed by atoms with Gasteiger partial charge in [-0.1, -0.05) is 17.7 Å². The molecular formula is C19H23N7O. The summed E-state index contributed by atoms with van der Waals surface area (Å²) in [6, 6.07) is 8.11. The van der Waals surface area contributed by atoms with E-state index in [0.717, 1.165) is 42.3 Å². The van der Waals surface area contributed by atoms with E-state index >= 15 is 0 Å². The van der Waals surface area contributed by atoms with E-state index in [-0.39, 0.29) is 0 Å². The molecule has 8 nitrogen and oxygen atoms in total. The molecule has 0 spiro atoms. The van der Waals surface area contributed by atoms with Crippen LogP contribution in [0.5, 0.6) is 0 Å². The highest BCUT2D eigenvalue weighted by Gasteiger charge is 2.17. The summed E-state index contributed by atoms with van der Waals surface area (Å²) < 4.78 is 7.77. The fourth-order valence-electron chi connectivity index (χ4n) is 3.12. The lowest BCUT2D eigenvalue weighted by molar-refractivity contribution is 0.572. The summed E-state index contributed by atoms with van der Waals surface area (Å²) in [5.74, 6) is 3.31. The number of aromatic nitrogens is 4. The van der Waals surface area contributed by atoms with Crippen molar-refractivity contribution in [3.8, 4) is 11.5 Å². The summed E-state index contributed by atoms with van der Waals surface area (Å²) in [4.78, 5) is 8.78. The lowest BCUT2D eigenvalue weighted by atomic mass is 10.1. The Labute approximate surface area is 157 Å². The van der Waals surface area contributed by atoms with E-state index in [1.165, 1.54) is 5.56 Å². The molecule has 2 aromatic heterocycles. The second-order valence-corrected chi connectivity index (χ2v) is 6.58. The van der Waals surface area contributed by atoms with Crippen LogP contribution in [0.2, 0.25) is 0 Å². The standard InChI is InChI=1S/C19H23N7O/c1-13-5-7-14(8-6-13)18-23-15(12-27-18)10-21-19(20-2)22-11-17-25-24-16-4-3-9-26(16)17/h5-8,12H,3-4,9-11H2,1-2H3,(H2,20,21,22). The third kappa shape index (κ3) is 3.84. The minimum absolute atomic E-state index is 0.521. The summed E-state index contributed by atoms with van der Waals surface area (Å²) in [6.07, 6.45) is 3.82. The highest BCUT2D eigenvalue weighted by Crippen LogP contribution is 2.19. The molecule has 0 bridgehead atoms. The molecule has 4 rings (SSSR count). The minimum atomic E-state index is 0.521. The number of nitrogens with zero attached hydrogens (tertiary/aromatic N) is 5. The van der Waals surface area contributed by atoms with E-state index in [4.69, 9.17) is 4.42 Å². The molecule has 2 N–H and O–H groups in total. The Hall–Kier alpha value is -3.16. The number of aryl methyl sites for hydroxylation is 2. The molecule has 27 heavy (non-hydrogen) atoms. The first-order valence-corrected chi connectivity index (χ1v) is 9.10. The highest BCUT2D eigenvalue weighted by molar-refractivity contribution is 5.79. The van der Waals surface area contributed by atoms with Crippen LogP contribution in [0.1, 0.15) is 29.3 Å². The van der Waals surface area contributed by atoms with Gasteiger partial charge in [0, 0.05) is 25.6 Å². The van der Waals surface area contributed by atoms with E-state index in [1.54, 1.807) is 13.3 Å². The van der Waals surface area contributed by atoms with Crippen LogP contribution in [0.3, 0.4) is 0 Å². The first-order chi connectivity index (χ1) is 13.2. The topological polar surface area (TPSA) is 93.2 Å². The zero-order valence-electron chi connectivity index (χ0n) is 15.6. The fraction of sp³-hybridized carbons (Fsp3) is 0.368. The maximum atomic E-state index is 5.59. The maximum Gasteiger partial charge on any atom is 0.226 e. The molecular weight excluding hydrogens is 342 g/mol. The van der Waals surface area contributed by atoms with E-state index in [2.05, 4.69) is 42.3 Å². The van der Waals surface area contributed by atoms with Gasteiger partial charge in [0.05, 0.1) is 18.8 Å². The summed E-state index contributed by atoms with van der Waals surface area (Å²) in [5, 5.41) is 15.0. The number of nitrogens with one attached hydrogen (secondary N) is 2. The zero-order chi connectivity index (χ0) is 18.6. The fourth-order valence-corrected chi connectivity index (χ4v) is 3.12. The molecule has 1 aromatic carbocycles. The van der Waals surface area contributed by atoms with Crippen molar-refractivity contribution in [3.63, 3.8) is 0 Å². The first kappa shape index (κ1) is 17.3.